The summed E-state index contributed by atoms with van der Waals surface area (Å²) in [5.41, 5.74) is 6.09. The number of rotatable bonds is 3. The summed E-state index contributed by atoms with van der Waals surface area (Å²) in [4.78, 5) is 4.30. The molecular formula is C8H14N2OS. The first-order valence-electron chi connectivity index (χ1n) is 3.86. The number of aliphatic hydroxyl groups is 1. The van der Waals surface area contributed by atoms with Crippen LogP contribution in [0.4, 0.5) is 0 Å². The molecule has 0 spiro atoms. The molecule has 1 unspecified atom stereocenters. The fourth-order valence-electron chi connectivity index (χ4n) is 0.891. The number of aliphatic hydroxyl groups excluding tert-OH is 1. The molecule has 1 aromatic rings. The van der Waals surface area contributed by atoms with Crippen LogP contribution in [0.1, 0.15) is 17.6 Å². The van der Waals surface area contributed by atoms with Crippen LogP contribution >= 0.6 is 11.3 Å². The van der Waals surface area contributed by atoms with Crippen molar-refractivity contribution >= 4 is 11.3 Å². The number of hydrogen-bond donors (Lipinski definition) is 2. The van der Waals surface area contributed by atoms with Gasteiger partial charge in [-0.1, -0.05) is 6.92 Å². The lowest BCUT2D eigenvalue weighted by Gasteiger charge is -2.22. The molecule has 0 amide bonds. The summed E-state index contributed by atoms with van der Waals surface area (Å²) in [6.07, 6.45) is 0. The van der Waals surface area contributed by atoms with Crippen LogP contribution in [0.15, 0.2) is 5.38 Å². The quantitative estimate of drug-likeness (QED) is 0.729. The molecule has 1 aromatic heterocycles. The Morgan fingerprint density at radius 2 is 2.42 bits per heavy atom. The van der Waals surface area contributed by atoms with Crippen molar-refractivity contribution in [2.24, 2.45) is 5.73 Å². The standard InChI is InChI=1S/C8H14N2OS/c1-6-10-7(3-12-6)8(2,4-9)5-11/h3,11H,4-5,9H2,1-2H3. The Bertz CT molecular complexity index is 255. The summed E-state index contributed by atoms with van der Waals surface area (Å²) in [5, 5.41) is 12.1. The molecule has 1 atom stereocenters. The highest BCUT2D eigenvalue weighted by atomic mass is 32.1. The molecule has 3 nitrogen and oxygen atoms in total. The van der Waals surface area contributed by atoms with E-state index in [4.69, 9.17) is 10.8 Å². The monoisotopic (exact) mass is 186 g/mol. The zero-order chi connectivity index (χ0) is 9.19. The fraction of sp³-hybridized carbons (Fsp3) is 0.625. The normalized spacial score (nSPS) is 16.0. The van der Waals surface area contributed by atoms with Gasteiger partial charge in [0.15, 0.2) is 0 Å². The third-order valence-corrected chi connectivity index (χ3v) is 2.81. The Kier molecular flexibility index (Phi) is 2.82. The number of aryl methyl sites for hydroxylation is 1. The van der Waals surface area contributed by atoms with Gasteiger partial charge in [-0.15, -0.1) is 11.3 Å². The van der Waals surface area contributed by atoms with Crippen LogP contribution in [0, 0.1) is 6.92 Å². The average molecular weight is 186 g/mol. The van der Waals surface area contributed by atoms with E-state index in [1.807, 2.05) is 19.2 Å². The van der Waals surface area contributed by atoms with Crippen LogP contribution < -0.4 is 5.73 Å². The Morgan fingerprint density at radius 3 is 2.75 bits per heavy atom. The minimum Gasteiger partial charge on any atom is -0.395 e. The smallest absolute Gasteiger partial charge is 0.0897 e. The average Bonchev–Trinajstić information content (AvgIpc) is 2.51. The predicted octanol–water partition coefficient (Wildman–Crippen LogP) is 0.660. The summed E-state index contributed by atoms with van der Waals surface area (Å²) in [6.45, 7) is 4.34. The third-order valence-electron chi connectivity index (χ3n) is 2.04. The lowest BCUT2D eigenvalue weighted by Crippen LogP contribution is -2.35. The van der Waals surface area contributed by atoms with Crippen molar-refractivity contribution in [3.05, 3.63) is 16.1 Å². The molecule has 0 aliphatic heterocycles. The van der Waals surface area contributed by atoms with Gasteiger partial charge in [-0.05, 0) is 6.92 Å². The number of thiazole rings is 1. The topological polar surface area (TPSA) is 59.1 Å². The maximum Gasteiger partial charge on any atom is 0.0897 e. The van der Waals surface area contributed by atoms with E-state index >= 15 is 0 Å². The van der Waals surface area contributed by atoms with Crippen molar-refractivity contribution in [1.82, 2.24) is 4.98 Å². The Hall–Kier alpha value is -0.450. The second-order valence-electron chi connectivity index (χ2n) is 3.17. The molecule has 1 rings (SSSR count). The van der Waals surface area contributed by atoms with Gasteiger partial charge in [0, 0.05) is 17.3 Å². The van der Waals surface area contributed by atoms with Crippen LogP contribution in [0.25, 0.3) is 0 Å². The van der Waals surface area contributed by atoms with Gasteiger partial charge in [-0.3, -0.25) is 0 Å². The second kappa shape index (κ2) is 3.51. The highest BCUT2D eigenvalue weighted by molar-refractivity contribution is 7.09. The van der Waals surface area contributed by atoms with Crippen LogP contribution in [0.2, 0.25) is 0 Å². The number of aromatic nitrogens is 1. The van der Waals surface area contributed by atoms with Crippen molar-refractivity contribution in [2.45, 2.75) is 19.3 Å². The minimum absolute atomic E-state index is 0.0483. The van der Waals surface area contributed by atoms with Gasteiger partial charge >= 0.3 is 0 Å². The molecule has 0 fully saturated rings. The molecule has 0 aliphatic rings. The molecule has 0 bridgehead atoms. The molecule has 12 heavy (non-hydrogen) atoms. The van der Waals surface area contributed by atoms with Crippen molar-refractivity contribution in [3.63, 3.8) is 0 Å². The van der Waals surface area contributed by atoms with Crippen LogP contribution in [0.5, 0.6) is 0 Å². The maximum atomic E-state index is 9.13. The van der Waals surface area contributed by atoms with Gasteiger partial charge in [0.1, 0.15) is 0 Å². The van der Waals surface area contributed by atoms with E-state index in [2.05, 4.69) is 4.98 Å². The minimum atomic E-state index is -0.370. The summed E-state index contributed by atoms with van der Waals surface area (Å²) in [5.74, 6) is 0. The highest BCUT2D eigenvalue weighted by Gasteiger charge is 2.26. The summed E-state index contributed by atoms with van der Waals surface area (Å²) < 4.78 is 0. The number of hydrogen-bond acceptors (Lipinski definition) is 4. The van der Waals surface area contributed by atoms with Crippen LogP contribution in [-0.4, -0.2) is 23.2 Å². The number of nitrogens with zero attached hydrogens (tertiary/aromatic N) is 1. The van der Waals surface area contributed by atoms with Crippen molar-refractivity contribution < 1.29 is 5.11 Å². The van der Waals surface area contributed by atoms with Gasteiger partial charge in [0.25, 0.3) is 0 Å². The molecule has 0 saturated carbocycles. The zero-order valence-electron chi connectivity index (χ0n) is 7.37. The van der Waals surface area contributed by atoms with Crippen LogP contribution in [0.3, 0.4) is 0 Å². The Balaban J connectivity index is 2.94. The van der Waals surface area contributed by atoms with E-state index in [1.165, 1.54) is 0 Å². The van der Waals surface area contributed by atoms with Gasteiger partial charge < -0.3 is 10.8 Å². The largest absolute Gasteiger partial charge is 0.395 e. The molecule has 1 heterocycles. The first kappa shape index (κ1) is 9.64. The Morgan fingerprint density at radius 1 is 1.75 bits per heavy atom. The van der Waals surface area contributed by atoms with Crippen LogP contribution in [-0.2, 0) is 5.41 Å². The van der Waals surface area contributed by atoms with E-state index in [9.17, 15) is 0 Å². The van der Waals surface area contributed by atoms with E-state index in [0.29, 0.717) is 6.54 Å². The van der Waals surface area contributed by atoms with E-state index in [1.54, 1.807) is 11.3 Å². The molecule has 3 N–H and O–H groups in total. The first-order valence-corrected chi connectivity index (χ1v) is 4.74. The summed E-state index contributed by atoms with van der Waals surface area (Å²) in [7, 11) is 0. The van der Waals surface area contributed by atoms with Crippen molar-refractivity contribution in [3.8, 4) is 0 Å². The fourth-order valence-corrected chi connectivity index (χ4v) is 1.66. The molecule has 4 heteroatoms. The number of nitrogens with two attached hydrogens (primary N) is 1. The van der Waals surface area contributed by atoms with Gasteiger partial charge in [-0.25, -0.2) is 4.98 Å². The highest BCUT2D eigenvalue weighted by Crippen LogP contribution is 2.23. The molecule has 68 valence electrons. The second-order valence-corrected chi connectivity index (χ2v) is 4.24. The summed E-state index contributed by atoms with van der Waals surface area (Å²) >= 11 is 1.58. The summed E-state index contributed by atoms with van der Waals surface area (Å²) in [6, 6.07) is 0. The van der Waals surface area contributed by atoms with E-state index < -0.39 is 0 Å². The lowest BCUT2D eigenvalue weighted by atomic mass is 9.89. The molecule has 0 aliphatic carbocycles. The lowest BCUT2D eigenvalue weighted by molar-refractivity contribution is 0.207. The van der Waals surface area contributed by atoms with E-state index in [-0.39, 0.29) is 12.0 Å². The first-order chi connectivity index (χ1) is 5.62. The third kappa shape index (κ3) is 1.65. The van der Waals surface area contributed by atoms with Crippen molar-refractivity contribution in [1.29, 1.82) is 0 Å². The van der Waals surface area contributed by atoms with Gasteiger partial charge in [0.2, 0.25) is 0 Å². The molecular weight excluding hydrogens is 172 g/mol. The van der Waals surface area contributed by atoms with E-state index in [0.717, 1.165) is 10.7 Å². The van der Waals surface area contributed by atoms with Gasteiger partial charge in [0.05, 0.1) is 17.3 Å². The zero-order valence-corrected chi connectivity index (χ0v) is 8.19. The predicted molar refractivity (Wildman–Crippen MR) is 50.3 cm³/mol. The van der Waals surface area contributed by atoms with Crippen molar-refractivity contribution in [2.75, 3.05) is 13.2 Å². The Labute approximate surface area is 76.3 Å². The molecule has 0 saturated heterocycles. The molecule has 0 radical (unpaired) electrons. The van der Waals surface area contributed by atoms with Gasteiger partial charge in [-0.2, -0.15) is 0 Å². The SMILES string of the molecule is Cc1nc(C(C)(CN)CO)cs1. The maximum absolute atomic E-state index is 9.13. The molecule has 0 aromatic carbocycles.